The third kappa shape index (κ3) is 5.13. The molecule has 0 bridgehead atoms. The summed E-state index contributed by atoms with van der Waals surface area (Å²) in [6.07, 6.45) is 0. The van der Waals surface area contributed by atoms with Gasteiger partial charge in [0.2, 0.25) is 17.6 Å². The monoisotopic (exact) mass is 445 g/mol. The van der Waals surface area contributed by atoms with Gasteiger partial charge in [-0.1, -0.05) is 53.7 Å². The maximum absolute atomic E-state index is 12.6. The summed E-state index contributed by atoms with van der Waals surface area (Å²) < 4.78 is 11.3. The number of para-hydroxylation sites is 1. The van der Waals surface area contributed by atoms with Crippen LogP contribution in [-0.4, -0.2) is 58.6 Å². The number of carbonyl (C=O) groups excluding carboxylic acids is 1. The summed E-state index contributed by atoms with van der Waals surface area (Å²) in [6.45, 7) is 6.24. The number of furan rings is 1. The fourth-order valence-corrected chi connectivity index (χ4v) is 4.10. The number of carbonyl (C=O) groups is 1. The Kier molecular flexibility index (Phi) is 6.19. The van der Waals surface area contributed by atoms with Crippen LogP contribution in [0.2, 0.25) is 0 Å². The summed E-state index contributed by atoms with van der Waals surface area (Å²) in [7, 11) is 0. The smallest absolute Gasteiger partial charge is 0.241 e. The molecule has 2 aromatic heterocycles. The van der Waals surface area contributed by atoms with Crippen LogP contribution in [0.15, 0.2) is 69.6 Å². The molecule has 1 N–H and O–H groups in total. The Morgan fingerprint density at radius 3 is 2.55 bits per heavy atom. The molecule has 0 unspecified atom stereocenters. The maximum Gasteiger partial charge on any atom is 0.241 e. The number of aromatic nitrogens is 2. The minimum Gasteiger partial charge on any atom is -0.459 e. The van der Waals surface area contributed by atoms with Gasteiger partial charge in [-0.05, 0) is 19.1 Å². The Morgan fingerprint density at radius 1 is 1.03 bits per heavy atom. The van der Waals surface area contributed by atoms with Crippen molar-refractivity contribution in [2.75, 3.05) is 32.7 Å². The molecule has 0 aliphatic carbocycles. The maximum atomic E-state index is 12.6. The number of nitrogens with zero attached hydrogens (tertiary/aromatic N) is 4. The van der Waals surface area contributed by atoms with E-state index in [-0.39, 0.29) is 11.9 Å². The molecule has 170 valence electrons. The molecule has 1 aliphatic heterocycles. The number of amides is 1. The van der Waals surface area contributed by atoms with Crippen LogP contribution in [0.4, 0.5) is 0 Å². The highest BCUT2D eigenvalue weighted by Gasteiger charge is 2.22. The summed E-state index contributed by atoms with van der Waals surface area (Å²) in [5.74, 6) is 1.99. The summed E-state index contributed by atoms with van der Waals surface area (Å²) in [5.41, 5.74) is 1.78. The number of piperazine rings is 1. The summed E-state index contributed by atoms with van der Waals surface area (Å²) in [5, 5.41) is 8.18. The van der Waals surface area contributed by atoms with Gasteiger partial charge in [-0.15, -0.1) is 0 Å². The standard InChI is InChI=1S/C25H27N5O3/c1-18(22-15-20-9-5-6-10-21(20)32-22)26-23(31)16-29-11-13-30(14-12-29)17-24-27-25(28-33-24)19-7-3-2-4-8-19/h2-10,15,18H,11-14,16-17H2,1H3,(H,26,31)/t18-/m1/s1. The summed E-state index contributed by atoms with van der Waals surface area (Å²) >= 11 is 0. The molecule has 1 atom stereocenters. The Morgan fingerprint density at radius 2 is 1.76 bits per heavy atom. The molecule has 4 aromatic rings. The lowest BCUT2D eigenvalue weighted by Crippen LogP contribution is -2.49. The van der Waals surface area contributed by atoms with Crippen molar-refractivity contribution in [2.45, 2.75) is 19.5 Å². The van der Waals surface area contributed by atoms with E-state index in [9.17, 15) is 4.79 Å². The molecule has 8 nitrogen and oxygen atoms in total. The second-order valence-corrected chi connectivity index (χ2v) is 8.41. The molecule has 1 amide bonds. The van der Waals surface area contributed by atoms with E-state index in [1.807, 2.05) is 67.6 Å². The van der Waals surface area contributed by atoms with Crippen LogP contribution in [-0.2, 0) is 11.3 Å². The van der Waals surface area contributed by atoms with Crippen LogP contribution in [0.5, 0.6) is 0 Å². The summed E-state index contributed by atoms with van der Waals surface area (Å²) in [6, 6.07) is 19.5. The van der Waals surface area contributed by atoms with Crippen LogP contribution in [0.3, 0.4) is 0 Å². The minimum absolute atomic E-state index is 0.000750. The molecule has 0 spiro atoms. The third-order valence-electron chi connectivity index (χ3n) is 5.94. The molecule has 33 heavy (non-hydrogen) atoms. The van der Waals surface area contributed by atoms with Crippen molar-refractivity contribution in [1.29, 1.82) is 0 Å². The first kappa shape index (κ1) is 21.4. The Bertz CT molecular complexity index is 1180. The van der Waals surface area contributed by atoms with Gasteiger partial charge in [0, 0.05) is 37.1 Å². The first-order valence-corrected chi connectivity index (χ1v) is 11.2. The van der Waals surface area contributed by atoms with Crippen molar-refractivity contribution in [3.05, 3.63) is 72.3 Å². The lowest BCUT2D eigenvalue weighted by molar-refractivity contribution is -0.123. The summed E-state index contributed by atoms with van der Waals surface area (Å²) in [4.78, 5) is 21.5. The topological polar surface area (TPSA) is 87.6 Å². The van der Waals surface area contributed by atoms with Gasteiger partial charge in [0.1, 0.15) is 11.3 Å². The van der Waals surface area contributed by atoms with E-state index >= 15 is 0 Å². The number of hydrogen-bond donors (Lipinski definition) is 1. The Balaban J connectivity index is 1.08. The van der Waals surface area contributed by atoms with Crippen LogP contribution in [0, 0.1) is 0 Å². The van der Waals surface area contributed by atoms with E-state index in [0.717, 1.165) is 48.5 Å². The molecule has 5 rings (SSSR count). The van der Waals surface area contributed by atoms with Crippen LogP contribution in [0.1, 0.15) is 24.6 Å². The van der Waals surface area contributed by atoms with Crippen molar-refractivity contribution in [2.24, 2.45) is 0 Å². The highest BCUT2D eigenvalue weighted by Crippen LogP contribution is 2.23. The van der Waals surface area contributed by atoms with Crippen LogP contribution in [0.25, 0.3) is 22.4 Å². The molecular weight excluding hydrogens is 418 g/mol. The largest absolute Gasteiger partial charge is 0.459 e. The average molecular weight is 446 g/mol. The number of hydrogen-bond acceptors (Lipinski definition) is 7. The van der Waals surface area contributed by atoms with Gasteiger partial charge in [0.25, 0.3) is 0 Å². The van der Waals surface area contributed by atoms with Crippen molar-refractivity contribution in [3.63, 3.8) is 0 Å². The molecule has 1 fully saturated rings. The Labute approximate surface area is 192 Å². The molecular formula is C25H27N5O3. The highest BCUT2D eigenvalue weighted by molar-refractivity contribution is 5.80. The highest BCUT2D eigenvalue weighted by atomic mass is 16.5. The van der Waals surface area contributed by atoms with E-state index < -0.39 is 0 Å². The molecule has 1 aliphatic rings. The first-order valence-electron chi connectivity index (χ1n) is 11.2. The lowest BCUT2D eigenvalue weighted by atomic mass is 10.2. The van der Waals surface area contributed by atoms with Crippen molar-refractivity contribution < 1.29 is 13.7 Å². The van der Waals surface area contributed by atoms with Crippen molar-refractivity contribution in [3.8, 4) is 11.4 Å². The first-order chi connectivity index (χ1) is 16.1. The zero-order valence-electron chi connectivity index (χ0n) is 18.6. The second-order valence-electron chi connectivity index (χ2n) is 8.41. The van der Waals surface area contributed by atoms with E-state index in [2.05, 4.69) is 25.3 Å². The SMILES string of the molecule is C[C@@H](NC(=O)CN1CCN(Cc2nc(-c3ccccc3)no2)CC1)c1cc2ccccc2o1. The average Bonchev–Trinajstić information content (AvgIpc) is 3.48. The molecule has 8 heteroatoms. The van der Waals surface area contributed by atoms with Crippen molar-refractivity contribution >= 4 is 16.9 Å². The van der Waals surface area contributed by atoms with E-state index in [0.29, 0.717) is 24.8 Å². The fraction of sp³-hybridized carbons (Fsp3) is 0.320. The van der Waals surface area contributed by atoms with Crippen LogP contribution >= 0.6 is 0 Å². The Hall–Kier alpha value is -3.49. The van der Waals surface area contributed by atoms with Gasteiger partial charge in [0.05, 0.1) is 19.1 Å². The predicted molar refractivity (Wildman–Crippen MR) is 124 cm³/mol. The van der Waals surface area contributed by atoms with Gasteiger partial charge >= 0.3 is 0 Å². The second kappa shape index (κ2) is 9.56. The molecule has 0 radical (unpaired) electrons. The van der Waals surface area contributed by atoms with Crippen LogP contribution < -0.4 is 5.32 Å². The van der Waals surface area contributed by atoms with Gasteiger partial charge in [-0.25, -0.2) is 0 Å². The lowest BCUT2D eigenvalue weighted by Gasteiger charge is -2.33. The zero-order chi connectivity index (χ0) is 22.6. The number of benzene rings is 2. The normalized spacial score (nSPS) is 16.2. The molecule has 1 saturated heterocycles. The van der Waals surface area contributed by atoms with E-state index in [1.165, 1.54) is 0 Å². The molecule has 0 saturated carbocycles. The third-order valence-corrected chi connectivity index (χ3v) is 5.94. The molecule has 3 heterocycles. The van der Waals surface area contributed by atoms with Gasteiger partial charge < -0.3 is 14.3 Å². The zero-order valence-corrected chi connectivity index (χ0v) is 18.6. The van der Waals surface area contributed by atoms with Gasteiger partial charge in [0.15, 0.2) is 0 Å². The molecule has 2 aromatic carbocycles. The fourth-order valence-electron chi connectivity index (χ4n) is 4.10. The number of rotatable bonds is 7. The minimum atomic E-state index is -0.178. The van der Waals surface area contributed by atoms with E-state index in [4.69, 9.17) is 8.94 Å². The van der Waals surface area contributed by atoms with Crippen molar-refractivity contribution in [1.82, 2.24) is 25.3 Å². The quantitative estimate of drug-likeness (QED) is 0.466. The number of nitrogens with one attached hydrogen (secondary N) is 1. The van der Waals surface area contributed by atoms with Gasteiger partial charge in [-0.2, -0.15) is 4.98 Å². The van der Waals surface area contributed by atoms with Gasteiger partial charge in [-0.3, -0.25) is 14.6 Å². The number of fused-ring (bicyclic) bond motifs is 1. The predicted octanol–water partition coefficient (Wildman–Crippen LogP) is 3.48. The van der Waals surface area contributed by atoms with E-state index in [1.54, 1.807) is 0 Å².